The lowest BCUT2D eigenvalue weighted by Gasteiger charge is -2.23. The largest absolute Gasteiger partial charge is 0.507 e. The molecule has 39 heavy (non-hydrogen) atoms. The number of amides is 1. The van der Waals surface area contributed by atoms with E-state index in [4.69, 9.17) is 32.7 Å². The molecule has 0 radical (unpaired) electrons. The highest BCUT2D eigenvalue weighted by molar-refractivity contribution is 6.51. The molecule has 1 aliphatic rings. The average Bonchev–Trinajstić information content (AvgIpc) is 3.45. The lowest BCUT2D eigenvalue weighted by atomic mass is 9.95. The maximum absolute atomic E-state index is 13.4. The number of nitrogens with zero attached hydrogens (tertiary/aromatic N) is 2. The molecular formula is C27H19Cl2N3O7. The van der Waals surface area contributed by atoms with Gasteiger partial charge < -0.3 is 24.7 Å². The zero-order chi connectivity index (χ0) is 28.0. The van der Waals surface area contributed by atoms with Crippen LogP contribution in [0.25, 0.3) is 16.8 Å². The monoisotopic (exact) mass is 567 g/mol. The molecule has 10 nitrogen and oxygen atoms in total. The lowest BCUT2D eigenvalue weighted by molar-refractivity contribution is -0.132. The highest BCUT2D eigenvalue weighted by Gasteiger charge is 2.48. The Morgan fingerprint density at radius 3 is 2.21 bits per heavy atom. The molecule has 2 heterocycles. The van der Waals surface area contributed by atoms with Gasteiger partial charge in [0.2, 0.25) is 5.95 Å². The van der Waals surface area contributed by atoms with E-state index in [0.29, 0.717) is 22.3 Å². The molecule has 12 heteroatoms. The van der Waals surface area contributed by atoms with Crippen LogP contribution < -0.4 is 14.4 Å². The SMILES string of the molecule is COc1ccc(C2/C(=C(\O)c3cc(Cl)c(OC)c(Cl)c3)C(=O)C(=O)N2c2nc3ccc(C(=O)O)cc3[nH]2)cc1. The Hall–Kier alpha value is -4.54. The van der Waals surface area contributed by atoms with E-state index in [1.807, 2.05) is 0 Å². The number of aromatic amines is 1. The molecule has 3 N–H and O–H groups in total. The second kappa shape index (κ2) is 9.97. The van der Waals surface area contributed by atoms with Crippen LogP contribution in [0.2, 0.25) is 10.0 Å². The minimum atomic E-state index is -1.14. The molecule has 4 aromatic rings. The number of benzene rings is 3. The molecule has 0 aliphatic carbocycles. The van der Waals surface area contributed by atoms with Crippen LogP contribution in [0.4, 0.5) is 5.95 Å². The number of carbonyl (C=O) groups is 3. The Bertz CT molecular complexity index is 1670. The van der Waals surface area contributed by atoms with Crippen molar-refractivity contribution in [1.29, 1.82) is 0 Å². The number of H-pyrrole nitrogens is 1. The standard InChI is InChI=1S/C27H19Cl2N3O7/c1-38-15-6-3-12(4-7-15)21-20(22(33)14-9-16(28)24(39-2)17(29)10-14)23(34)25(35)32(21)27-30-18-8-5-13(26(36)37)11-19(18)31-27/h3-11,21,33H,1-2H3,(H,30,31)(H,36,37)/b22-20+. The van der Waals surface area contributed by atoms with Crippen LogP contribution in [0.3, 0.4) is 0 Å². The van der Waals surface area contributed by atoms with Gasteiger partial charge in [-0.25, -0.2) is 9.78 Å². The van der Waals surface area contributed by atoms with Gasteiger partial charge in [0.25, 0.3) is 5.78 Å². The third-order valence-electron chi connectivity index (χ3n) is 6.30. The van der Waals surface area contributed by atoms with Gasteiger partial charge in [0.1, 0.15) is 11.5 Å². The summed E-state index contributed by atoms with van der Waals surface area (Å²) in [5.74, 6) is -2.86. The number of hydrogen-bond acceptors (Lipinski definition) is 7. The second-order valence-electron chi connectivity index (χ2n) is 8.51. The number of ketones is 1. The molecule has 5 rings (SSSR count). The van der Waals surface area contributed by atoms with Crippen LogP contribution in [-0.4, -0.2) is 52.1 Å². The molecule has 1 fully saturated rings. The fraction of sp³-hybridized carbons (Fsp3) is 0.111. The Morgan fingerprint density at radius 1 is 0.949 bits per heavy atom. The van der Waals surface area contributed by atoms with Crippen molar-refractivity contribution in [3.8, 4) is 11.5 Å². The lowest BCUT2D eigenvalue weighted by Crippen LogP contribution is -2.30. The van der Waals surface area contributed by atoms with Crippen molar-refractivity contribution in [1.82, 2.24) is 9.97 Å². The summed E-state index contributed by atoms with van der Waals surface area (Å²) in [7, 11) is 2.88. The Kier molecular flexibility index (Phi) is 6.67. The van der Waals surface area contributed by atoms with Crippen LogP contribution in [-0.2, 0) is 9.59 Å². The zero-order valence-electron chi connectivity index (χ0n) is 20.4. The molecule has 1 amide bonds. The van der Waals surface area contributed by atoms with Gasteiger partial charge >= 0.3 is 11.9 Å². The summed E-state index contributed by atoms with van der Waals surface area (Å²) in [6.07, 6.45) is 0. The number of hydrogen-bond donors (Lipinski definition) is 3. The third-order valence-corrected chi connectivity index (χ3v) is 6.86. The predicted octanol–water partition coefficient (Wildman–Crippen LogP) is 5.21. The highest BCUT2D eigenvalue weighted by atomic mass is 35.5. The number of aliphatic hydroxyl groups excluding tert-OH is 1. The maximum Gasteiger partial charge on any atom is 0.335 e. The number of nitrogens with one attached hydrogen (secondary N) is 1. The second-order valence-corrected chi connectivity index (χ2v) is 9.33. The normalized spacial score (nSPS) is 16.6. The van der Waals surface area contributed by atoms with Crippen LogP contribution in [0.15, 0.2) is 60.2 Å². The first kappa shape index (κ1) is 26.1. The number of Topliss-reactive ketones (excluding diaryl/α,β-unsaturated/α-hetero) is 1. The number of carboxylic acids is 1. The van der Waals surface area contributed by atoms with Crippen LogP contribution >= 0.6 is 23.2 Å². The zero-order valence-corrected chi connectivity index (χ0v) is 21.9. The summed E-state index contributed by atoms with van der Waals surface area (Å²) in [5.41, 5.74) is 1.06. The first-order chi connectivity index (χ1) is 18.6. The summed E-state index contributed by atoms with van der Waals surface area (Å²) in [6.45, 7) is 0. The number of halogens is 2. The number of fused-ring (bicyclic) bond motifs is 1. The van der Waals surface area contributed by atoms with E-state index < -0.39 is 29.5 Å². The van der Waals surface area contributed by atoms with Crippen molar-refractivity contribution in [3.63, 3.8) is 0 Å². The number of methoxy groups -OCH3 is 2. The fourth-order valence-electron chi connectivity index (χ4n) is 4.44. The number of anilines is 1. The minimum absolute atomic E-state index is 0.0136. The van der Waals surface area contributed by atoms with Crippen molar-refractivity contribution >= 4 is 63.6 Å². The summed E-state index contributed by atoms with van der Waals surface area (Å²) in [5, 5.41) is 20.9. The number of carboxylic acid groups (broad SMARTS) is 1. The number of imidazole rings is 1. The molecule has 1 saturated heterocycles. The smallest absolute Gasteiger partial charge is 0.335 e. The first-order valence-corrected chi connectivity index (χ1v) is 12.1. The molecular weight excluding hydrogens is 549 g/mol. The van der Waals surface area contributed by atoms with E-state index in [2.05, 4.69) is 9.97 Å². The van der Waals surface area contributed by atoms with Crippen LogP contribution in [0, 0.1) is 0 Å². The Labute approximate surface area is 231 Å². The van der Waals surface area contributed by atoms with E-state index in [0.717, 1.165) is 4.90 Å². The number of aromatic nitrogens is 2. The molecule has 1 aromatic heterocycles. The van der Waals surface area contributed by atoms with Gasteiger partial charge in [0, 0.05) is 5.56 Å². The molecule has 1 unspecified atom stereocenters. The number of carbonyl (C=O) groups excluding carboxylic acids is 2. The van der Waals surface area contributed by atoms with Gasteiger partial charge in [0.05, 0.1) is 52.5 Å². The number of ether oxygens (including phenoxy) is 2. The van der Waals surface area contributed by atoms with Crippen molar-refractivity contribution in [2.75, 3.05) is 19.1 Å². The van der Waals surface area contributed by atoms with E-state index >= 15 is 0 Å². The summed E-state index contributed by atoms with van der Waals surface area (Å²) < 4.78 is 10.4. The van der Waals surface area contributed by atoms with Gasteiger partial charge in [-0.2, -0.15) is 0 Å². The summed E-state index contributed by atoms with van der Waals surface area (Å²) in [4.78, 5) is 46.7. The summed E-state index contributed by atoms with van der Waals surface area (Å²) >= 11 is 12.5. The first-order valence-electron chi connectivity index (χ1n) is 11.4. The molecule has 3 aromatic carbocycles. The minimum Gasteiger partial charge on any atom is -0.507 e. The fourth-order valence-corrected chi connectivity index (χ4v) is 5.08. The number of aliphatic hydroxyl groups is 1. The van der Waals surface area contributed by atoms with Crippen molar-refractivity contribution in [3.05, 3.63) is 86.9 Å². The highest BCUT2D eigenvalue weighted by Crippen LogP contribution is 2.43. The van der Waals surface area contributed by atoms with Gasteiger partial charge in [0.15, 0.2) is 5.75 Å². The van der Waals surface area contributed by atoms with E-state index in [9.17, 15) is 24.6 Å². The number of aromatic carboxylic acids is 1. The van der Waals surface area contributed by atoms with Gasteiger partial charge in [-0.15, -0.1) is 0 Å². The van der Waals surface area contributed by atoms with E-state index in [1.54, 1.807) is 24.3 Å². The maximum atomic E-state index is 13.4. The van der Waals surface area contributed by atoms with Crippen molar-refractivity contribution in [2.45, 2.75) is 6.04 Å². The predicted molar refractivity (Wildman–Crippen MR) is 144 cm³/mol. The number of rotatable bonds is 6. The quantitative estimate of drug-likeness (QED) is 0.164. The van der Waals surface area contributed by atoms with Crippen LogP contribution in [0.1, 0.15) is 27.5 Å². The molecule has 0 saturated carbocycles. The van der Waals surface area contributed by atoms with E-state index in [-0.39, 0.29) is 38.4 Å². The average molecular weight is 568 g/mol. The molecule has 198 valence electrons. The van der Waals surface area contributed by atoms with Gasteiger partial charge in [-0.05, 0) is 48.0 Å². The molecule has 0 spiro atoms. The van der Waals surface area contributed by atoms with Crippen LogP contribution in [0.5, 0.6) is 11.5 Å². The molecule has 1 aliphatic heterocycles. The topological polar surface area (TPSA) is 142 Å². The van der Waals surface area contributed by atoms with E-state index in [1.165, 1.54) is 44.6 Å². The van der Waals surface area contributed by atoms with Crippen molar-refractivity contribution < 1.29 is 34.1 Å². The summed E-state index contributed by atoms with van der Waals surface area (Å²) in [6, 6.07) is 12.4. The Morgan fingerprint density at radius 2 is 1.62 bits per heavy atom. The Balaban J connectivity index is 1.72. The third kappa shape index (κ3) is 4.43. The van der Waals surface area contributed by atoms with Gasteiger partial charge in [-0.3, -0.25) is 14.5 Å². The van der Waals surface area contributed by atoms with Gasteiger partial charge in [-0.1, -0.05) is 35.3 Å². The molecule has 1 atom stereocenters. The molecule has 0 bridgehead atoms. The van der Waals surface area contributed by atoms with Crippen molar-refractivity contribution in [2.24, 2.45) is 0 Å².